The van der Waals surface area contributed by atoms with Crippen molar-refractivity contribution in [2.45, 2.75) is 23.1 Å². The van der Waals surface area contributed by atoms with Crippen molar-refractivity contribution in [3.05, 3.63) is 80.3 Å². The van der Waals surface area contributed by atoms with Gasteiger partial charge in [0.1, 0.15) is 0 Å². The molecule has 3 aromatic rings. The molecule has 0 spiro atoms. The standard InChI is InChI=1S/C21H18N4O6S2/c1-12-3-5-14(6-4-12)19(27)24-23-18(26)10-31-20(28)16-9-15(25(29)30)7-8-17(16)33-21-22-13(2)11-32-21/h3-9,11H,10H2,1-2H3,(H,23,26)(H,24,27). The Hall–Kier alpha value is -3.77. The molecular weight excluding hydrogens is 468 g/mol. The molecule has 0 saturated carbocycles. The van der Waals surface area contributed by atoms with Crippen LogP contribution in [0.4, 0.5) is 5.69 Å². The molecule has 1 aromatic heterocycles. The monoisotopic (exact) mass is 486 g/mol. The SMILES string of the molecule is Cc1ccc(C(=O)NNC(=O)COC(=O)c2cc([N+](=O)[O-])ccc2Sc2nc(C)cs2)cc1. The fraction of sp³-hybridized carbons (Fsp3) is 0.143. The van der Waals surface area contributed by atoms with Gasteiger partial charge in [0.2, 0.25) is 0 Å². The fourth-order valence-corrected chi connectivity index (χ4v) is 4.39. The van der Waals surface area contributed by atoms with Gasteiger partial charge in [-0.2, -0.15) is 0 Å². The van der Waals surface area contributed by atoms with E-state index in [1.54, 1.807) is 24.3 Å². The summed E-state index contributed by atoms with van der Waals surface area (Å²) in [5.41, 5.74) is 6.13. The van der Waals surface area contributed by atoms with E-state index in [0.29, 0.717) is 14.8 Å². The highest BCUT2D eigenvalue weighted by atomic mass is 32.2. The molecule has 0 radical (unpaired) electrons. The Balaban J connectivity index is 1.62. The number of nitrogens with one attached hydrogen (secondary N) is 2. The van der Waals surface area contributed by atoms with Crippen molar-refractivity contribution in [2.75, 3.05) is 6.61 Å². The Morgan fingerprint density at radius 2 is 1.85 bits per heavy atom. The molecule has 0 bridgehead atoms. The van der Waals surface area contributed by atoms with Crippen molar-refractivity contribution in [2.24, 2.45) is 0 Å². The summed E-state index contributed by atoms with van der Waals surface area (Å²) in [7, 11) is 0. The first kappa shape index (κ1) is 23.9. The van der Waals surface area contributed by atoms with Crippen molar-refractivity contribution in [1.29, 1.82) is 0 Å². The normalized spacial score (nSPS) is 10.4. The number of non-ortho nitro benzene ring substituents is 1. The summed E-state index contributed by atoms with van der Waals surface area (Å²) >= 11 is 2.52. The lowest BCUT2D eigenvalue weighted by molar-refractivity contribution is -0.384. The molecule has 2 aromatic carbocycles. The van der Waals surface area contributed by atoms with Gasteiger partial charge in [-0.3, -0.25) is 30.6 Å². The van der Waals surface area contributed by atoms with Crippen LogP contribution in [-0.2, 0) is 9.53 Å². The van der Waals surface area contributed by atoms with Crippen LogP contribution in [0.25, 0.3) is 0 Å². The number of nitro groups is 1. The van der Waals surface area contributed by atoms with Crippen LogP contribution in [0.15, 0.2) is 57.1 Å². The third-order valence-electron chi connectivity index (χ3n) is 4.15. The van der Waals surface area contributed by atoms with Crippen molar-refractivity contribution < 1.29 is 24.0 Å². The first-order valence-electron chi connectivity index (χ1n) is 9.44. The molecule has 1 heterocycles. The van der Waals surface area contributed by atoms with Gasteiger partial charge in [-0.25, -0.2) is 9.78 Å². The molecule has 0 aliphatic heterocycles. The number of thiazole rings is 1. The zero-order valence-corrected chi connectivity index (χ0v) is 19.1. The summed E-state index contributed by atoms with van der Waals surface area (Å²) in [5.74, 6) is -2.24. The number of ether oxygens (including phenoxy) is 1. The van der Waals surface area contributed by atoms with Crippen molar-refractivity contribution in [1.82, 2.24) is 15.8 Å². The minimum absolute atomic E-state index is 0.0708. The quantitative estimate of drug-likeness (QED) is 0.294. The number of esters is 1. The number of hydrazine groups is 1. The van der Waals surface area contributed by atoms with Crippen LogP contribution in [0.5, 0.6) is 0 Å². The molecule has 170 valence electrons. The van der Waals surface area contributed by atoms with Gasteiger partial charge in [0, 0.05) is 33.7 Å². The maximum absolute atomic E-state index is 12.6. The Bertz CT molecular complexity index is 1210. The number of rotatable bonds is 7. The minimum atomic E-state index is -0.922. The van der Waals surface area contributed by atoms with E-state index in [-0.39, 0.29) is 11.3 Å². The predicted octanol–water partition coefficient (Wildman–Crippen LogP) is 3.44. The fourth-order valence-electron chi connectivity index (χ4n) is 2.50. The topological polar surface area (TPSA) is 141 Å². The lowest BCUT2D eigenvalue weighted by Crippen LogP contribution is -2.43. The molecule has 0 atom stereocenters. The third-order valence-corrected chi connectivity index (χ3v) is 6.29. The summed E-state index contributed by atoms with van der Waals surface area (Å²) in [6.45, 7) is 3.00. The number of nitrogens with zero attached hydrogens (tertiary/aromatic N) is 2. The Labute approximate surface area is 196 Å². The second-order valence-corrected chi connectivity index (χ2v) is 8.89. The van der Waals surface area contributed by atoms with Gasteiger partial charge >= 0.3 is 5.97 Å². The zero-order chi connectivity index (χ0) is 24.0. The van der Waals surface area contributed by atoms with Gasteiger partial charge < -0.3 is 4.74 Å². The van der Waals surface area contributed by atoms with Crippen molar-refractivity contribution in [3.63, 3.8) is 0 Å². The summed E-state index contributed by atoms with van der Waals surface area (Å²) in [5, 5.41) is 13.0. The van der Waals surface area contributed by atoms with E-state index in [1.165, 1.54) is 23.5 Å². The molecule has 0 fully saturated rings. The number of amides is 2. The second-order valence-electron chi connectivity index (χ2n) is 6.74. The molecule has 0 saturated heterocycles. The van der Waals surface area contributed by atoms with Crippen LogP contribution >= 0.6 is 23.1 Å². The highest BCUT2D eigenvalue weighted by Gasteiger charge is 2.21. The number of nitro benzene ring substituents is 1. The summed E-state index contributed by atoms with van der Waals surface area (Å²) in [6.07, 6.45) is 0. The largest absolute Gasteiger partial charge is 0.452 e. The van der Waals surface area contributed by atoms with E-state index in [4.69, 9.17) is 4.74 Å². The molecule has 2 N–H and O–H groups in total. The molecule has 0 unspecified atom stereocenters. The number of carbonyl (C=O) groups is 3. The highest BCUT2D eigenvalue weighted by Crippen LogP contribution is 2.34. The van der Waals surface area contributed by atoms with Crippen LogP contribution in [0.2, 0.25) is 0 Å². The van der Waals surface area contributed by atoms with E-state index >= 15 is 0 Å². The van der Waals surface area contributed by atoms with E-state index in [9.17, 15) is 24.5 Å². The van der Waals surface area contributed by atoms with Crippen LogP contribution in [0.1, 0.15) is 32.0 Å². The molecular formula is C21H18N4O6S2. The maximum Gasteiger partial charge on any atom is 0.340 e. The minimum Gasteiger partial charge on any atom is -0.452 e. The highest BCUT2D eigenvalue weighted by molar-refractivity contribution is 8.01. The van der Waals surface area contributed by atoms with Crippen LogP contribution in [-0.4, -0.2) is 34.3 Å². The van der Waals surface area contributed by atoms with Gasteiger partial charge in [0.25, 0.3) is 17.5 Å². The lowest BCUT2D eigenvalue weighted by atomic mass is 10.1. The number of hydrogen-bond acceptors (Lipinski definition) is 9. The average Bonchev–Trinajstić information content (AvgIpc) is 3.20. The summed E-state index contributed by atoms with van der Waals surface area (Å²) in [4.78, 5) is 51.8. The number of hydrogen-bond donors (Lipinski definition) is 2. The zero-order valence-electron chi connectivity index (χ0n) is 17.5. The van der Waals surface area contributed by atoms with E-state index < -0.39 is 29.3 Å². The smallest absolute Gasteiger partial charge is 0.340 e. The maximum atomic E-state index is 12.6. The van der Waals surface area contributed by atoms with Gasteiger partial charge in [-0.05, 0) is 32.0 Å². The molecule has 12 heteroatoms. The first-order valence-corrected chi connectivity index (χ1v) is 11.1. The molecule has 33 heavy (non-hydrogen) atoms. The number of aromatic nitrogens is 1. The predicted molar refractivity (Wildman–Crippen MR) is 121 cm³/mol. The average molecular weight is 487 g/mol. The van der Waals surface area contributed by atoms with Gasteiger partial charge in [-0.1, -0.05) is 29.5 Å². The van der Waals surface area contributed by atoms with E-state index in [1.807, 2.05) is 19.2 Å². The molecule has 3 rings (SSSR count). The van der Waals surface area contributed by atoms with E-state index in [0.717, 1.165) is 29.1 Å². The Kier molecular flexibility index (Phi) is 7.74. The Morgan fingerprint density at radius 3 is 2.48 bits per heavy atom. The van der Waals surface area contributed by atoms with Crippen molar-refractivity contribution in [3.8, 4) is 0 Å². The molecule has 10 nitrogen and oxygen atoms in total. The third kappa shape index (κ3) is 6.60. The number of benzene rings is 2. The lowest BCUT2D eigenvalue weighted by Gasteiger charge is -2.10. The van der Waals surface area contributed by atoms with Crippen LogP contribution in [0.3, 0.4) is 0 Å². The summed E-state index contributed by atoms with van der Waals surface area (Å²) < 4.78 is 5.65. The van der Waals surface area contributed by atoms with Crippen molar-refractivity contribution >= 4 is 46.6 Å². The Morgan fingerprint density at radius 1 is 1.12 bits per heavy atom. The van der Waals surface area contributed by atoms with E-state index in [2.05, 4.69) is 15.8 Å². The van der Waals surface area contributed by atoms with Crippen LogP contribution in [0, 0.1) is 24.0 Å². The van der Waals surface area contributed by atoms with Crippen LogP contribution < -0.4 is 10.9 Å². The molecule has 0 aliphatic rings. The van der Waals surface area contributed by atoms with Gasteiger partial charge in [-0.15, -0.1) is 11.3 Å². The van der Waals surface area contributed by atoms with Gasteiger partial charge in [0.05, 0.1) is 10.5 Å². The van der Waals surface area contributed by atoms with Gasteiger partial charge in [0.15, 0.2) is 10.9 Å². The summed E-state index contributed by atoms with van der Waals surface area (Å²) in [6, 6.07) is 10.5. The second kappa shape index (κ2) is 10.7. The number of carbonyl (C=O) groups excluding carboxylic acids is 3. The molecule has 2 amide bonds. The number of aryl methyl sites for hydroxylation is 2. The first-order chi connectivity index (χ1) is 15.7. The molecule has 0 aliphatic carbocycles.